The summed E-state index contributed by atoms with van der Waals surface area (Å²) in [7, 11) is 0. The van der Waals surface area contributed by atoms with Crippen LogP contribution in [0.3, 0.4) is 0 Å². The van der Waals surface area contributed by atoms with Gasteiger partial charge in [-0.15, -0.1) is 0 Å². The lowest BCUT2D eigenvalue weighted by Crippen LogP contribution is -2.64. The summed E-state index contributed by atoms with van der Waals surface area (Å²) in [6.45, 7) is 2.10. The van der Waals surface area contributed by atoms with Gasteiger partial charge in [-0.05, 0) is 49.1 Å². The van der Waals surface area contributed by atoms with Gasteiger partial charge >= 0.3 is 6.03 Å². The van der Waals surface area contributed by atoms with Crippen LogP contribution in [0.15, 0.2) is 48.5 Å². The van der Waals surface area contributed by atoms with E-state index in [2.05, 4.69) is 17.6 Å². The average Bonchev–Trinajstić information content (AvgIpc) is 2.71. The van der Waals surface area contributed by atoms with E-state index in [4.69, 9.17) is 11.6 Å². The molecule has 2 aromatic carbocycles. The van der Waals surface area contributed by atoms with Gasteiger partial charge in [-0.2, -0.15) is 0 Å². The Kier molecular flexibility index (Phi) is 5.23. The average molecular weight is 414 g/mol. The number of hydrogen-bond acceptors (Lipinski definition) is 3. The van der Waals surface area contributed by atoms with Crippen molar-refractivity contribution in [3.8, 4) is 0 Å². The minimum absolute atomic E-state index is 0.0375. The zero-order valence-corrected chi connectivity index (χ0v) is 16.9. The predicted octanol–water partition coefficient (Wildman–Crippen LogP) is 4.23. The van der Waals surface area contributed by atoms with Crippen molar-refractivity contribution in [2.45, 2.75) is 44.4 Å². The highest BCUT2D eigenvalue weighted by atomic mass is 35.5. The number of aliphatic hydroxyl groups is 1. The third-order valence-corrected chi connectivity index (χ3v) is 6.15. The summed E-state index contributed by atoms with van der Waals surface area (Å²) in [6, 6.07) is 12.6. The normalized spacial score (nSPS) is 26.4. The van der Waals surface area contributed by atoms with Gasteiger partial charge in [0.05, 0.1) is 5.69 Å². The highest BCUT2D eigenvalue weighted by Crippen LogP contribution is 2.40. The van der Waals surface area contributed by atoms with Crippen LogP contribution >= 0.6 is 11.6 Å². The Labute approximate surface area is 174 Å². The summed E-state index contributed by atoms with van der Waals surface area (Å²) in [5.41, 5.74) is -1.06. The Balaban J connectivity index is 1.78. The Morgan fingerprint density at radius 2 is 1.86 bits per heavy atom. The molecule has 0 spiro atoms. The molecule has 3 atom stereocenters. The number of nitrogens with zero attached hydrogens (tertiary/aromatic N) is 1. The summed E-state index contributed by atoms with van der Waals surface area (Å²) in [5, 5.41) is 18.1. The van der Waals surface area contributed by atoms with Gasteiger partial charge in [-0.25, -0.2) is 4.79 Å². The maximum absolute atomic E-state index is 13.5. The second-order valence-electron chi connectivity index (χ2n) is 7.80. The fraction of sp³-hybridized carbons (Fsp3) is 0.364. The third-order valence-electron chi connectivity index (χ3n) is 5.90. The highest BCUT2D eigenvalue weighted by molar-refractivity contribution is 6.30. The van der Waals surface area contributed by atoms with Crippen molar-refractivity contribution in [2.24, 2.45) is 5.92 Å². The summed E-state index contributed by atoms with van der Waals surface area (Å²) < 4.78 is 0. The van der Waals surface area contributed by atoms with Gasteiger partial charge in [0.15, 0.2) is 0 Å². The van der Waals surface area contributed by atoms with Crippen molar-refractivity contribution in [3.05, 3.63) is 59.1 Å². The first kappa shape index (κ1) is 19.7. The molecule has 2 aliphatic rings. The number of fused-ring (bicyclic) bond motifs is 1. The zero-order chi connectivity index (χ0) is 20.6. The van der Waals surface area contributed by atoms with Crippen LogP contribution in [0.25, 0.3) is 0 Å². The molecule has 29 heavy (non-hydrogen) atoms. The molecule has 3 amide bonds. The second kappa shape index (κ2) is 7.69. The van der Waals surface area contributed by atoms with Crippen LogP contribution in [0.4, 0.5) is 16.2 Å². The molecule has 0 radical (unpaired) electrons. The molecule has 1 fully saturated rings. The third kappa shape index (κ3) is 3.47. The van der Waals surface area contributed by atoms with Crippen LogP contribution in [-0.2, 0) is 10.5 Å². The standard InChI is InChI=1S/C22H24ClN3O3/c1-14-6-2-4-8-18(14)24-20(27)22(29)17-7-3-5-9-19(17)25-21(28)26(22)16-12-10-15(23)11-13-16/h3,5,7,9-14,18,29H,2,4,6,8H2,1H3,(H,24,27)(H,25,28)/t14-,18+,22+/m0/s1. The number of nitrogens with one attached hydrogen (secondary N) is 2. The highest BCUT2D eigenvalue weighted by Gasteiger charge is 2.52. The monoisotopic (exact) mass is 413 g/mol. The van der Waals surface area contributed by atoms with Gasteiger partial charge in [0, 0.05) is 22.3 Å². The second-order valence-corrected chi connectivity index (χ2v) is 8.24. The summed E-state index contributed by atoms with van der Waals surface area (Å²) in [5.74, 6) is -0.290. The number of urea groups is 1. The van der Waals surface area contributed by atoms with Crippen molar-refractivity contribution < 1.29 is 14.7 Å². The Bertz CT molecular complexity index is 933. The number of rotatable bonds is 3. The van der Waals surface area contributed by atoms with E-state index in [9.17, 15) is 14.7 Å². The number of para-hydroxylation sites is 1. The van der Waals surface area contributed by atoms with Crippen molar-refractivity contribution in [3.63, 3.8) is 0 Å². The number of anilines is 2. The molecule has 6 nitrogen and oxygen atoms in total. The van der Waals surface area contributed by atoms with Crippen molar-refractivity contribution in [1.82, 2.24) is 5.32 Å². The number of hydrogen-bond donors (Lipinski definition) is 3. The van der Waals surface area contributed by atoms with Crippen LogP contribution in [0.2, 0.25) is 5.02 Å². The molecule has 1 aliphatic carbocycles. The quantitative estimate of drug-likeness (QED) is 0.704. The van der Waals surface area contributed by atoms with Gasteiger partial charge in [0.2, 0.25) is 0 Å². The molecule has 7 heteroatoms. The van der Waals surface area contributed by atoms with E-state index in [1.54, 1.807) is 48.5 Å². The molecule has 152 valence electrons. The predicted molar refractivity (Wildman–Crippen MR) is 113 cm³/mol. The molecule has 0 bridgehead atoms. The largest absolute Gasteiger partial charge is 0.359 e. The minimum Gasteiger partial charge on any atom is -0.359 e. The van der Waals surface area contributed by atoms with Gasteiger partial charge in [-0.1, -0.05) is 49.6 Å². The van der Waals surface area contributed by atoms with E-state index in [0.717, 1.165) is 30.6 Å². The Morgan fingerprint density at radius 1 is 1.17 bits per heavy atom. The maximum atomic E-state index is 13.5. The van der Waals surface area contributed by atoms with Crippen molar-refractivity contribution in [1.29, 1.82) is 0 Å². The molecule has 0 saturated heterocycles. The van der Waals surface area contributed by atoms with Crippen molar-refractivity contribution in [2.75, 3.05) is 10.2 Å². The molecule has 1 saturated carbocycles. The summed E-state index contributed by atoms with van der Waals surface area (Å²) in [4.78, 5) is 27.5. The maximum Gasteiger partial charge on any atom is 0.329 e. The van der Waals surface area contributed by atoms with Crippen LogP contribution in [0, 0.1) is 5.92 Å². The van der Waals surface area contributed by atoms with Crippen molar-refractivity contribution >= 4 is 34.9 Å². The molecule has 1 aliphatic heterocycles. The number of benzene rings is 2. The minimum atomic E-state index is -2.18. The molecule has 0 aromatic heterocycles. The fourth-order valence-corrected chi connectivity index (χ4v) is 4.38. The number of carbonyl (C=O) groups is 2. The van der Waals surface area contributed by atoms with Gasteiger partial charge in [-0.3, -0.25) is 9.69 Å². The number of amides is 3. The van der Waals surface area contributed by atoms with Gasteiger partial charge in [0.25, 0.3) is 11.6 Å². The van der Waals surface area contributed by atoms with Gasteiger partial charge in [0.1, 0.15) is 0 Å². The number of halogens is 1. The number of carbonyl (C=O) groups excluding carboxylic acids is 2. The topological polar surface area (TPSA) is 81.7 Å². The molecule has 4 rings (SSSR count). The molecular formula is C22H24ClN3O3. The van der Waals surface area contributed by atoms with E-state index < -0.39 is 17.7 Å². The van der Waals surface area contributed by atoms with Gasteiger partial charge < -0.3 is 15.7 Å². The van der Waals surface area contributed by atoms with E-state index in [-0.39, 0.29) is 6.04 Å². The molecule has 3 N–H and O–H groups in total. The Morgan fingerprint density at radius 3 is 2.59 bits per heavy atom. The zero-order valence-electron chi connectivity index (χ0n) is 16.2. The van der Waals surface area contributed by atoms with E-state index >= 15 is 0 Å². The molecule has 1 heterocycles. The van der Waals surface area contributed by atoms with Crippen LogP contribution in [0.5, 0.6) is 0 Å². The van der Waals surface area contributed by atoms with Crippen LogP contribution in [-0.4, -0.2) is 23.1 Å². The molecule has 0 unspecified atom stereocenters. The lowest BCUT2D eigenvalue weighted by Gasteiger charge is -2.44. The fourth-order valence-electron chi connectivity index (χ4n) is 4.25. The van der Waals surface area contributed by atoms with Crippen LogP contribution in [0.1, 0.15) is 38.2 Å². The lowest BCUT2D eigenvalue weighted by molar-refractivity contribution is -0.141. The van der Waals surface area contributed by atoms with E-state index in [1.165, 1.54) is 0 Å². The molecular weight excluding hydrogens is 390 g/mol. The first-order valence-electron chi connectivity index (χ1n) is 9.91. The van der Waals surface area contributed by atoms with E-state index in [0.29, 0.717) is 27.9 Å². The first-order valence-corrected chi connectivity index (χ1v) is 10.3. The smallest absolute Gasteiger partial charge is 0.329 e. The van der Waals surface area contributed by atoms with E-state index in [1.807, 2.05) is 0 Å². The summed E-state index contributed by atoms with van der Waals surface area (Å²) in [6.07, 6.45) is 4.06. The summed E-state index contributed by atoms with van der Waals surface area (Å²) >= 11 is 5.99. The molecule has 2 aromatic rings. The first-order chi connectivity index (χ1) is 13.9. The SMILES string of the molecule is C[C@H]1CCCC[C@H]1NC(=O)[C@]1(O)c2ccccc2NC(=O)N1c1ccc(Cl)cc1. The Hall–Kier alpha value is -2.57. The van der Waals surface area contributed by atoms with Crippen LogP contribution < -0.4 is 15.5 Å². The lowest BCUT2D eigenvalue weighted by atomic mass is 9.85.